The lowest BCUT2D eigenvalue weighted by molar-refractivity contribution is -0.136. The number of phenolic OH excluding ortho intramolecular Hbond substituents is 1. The Hall–Kier alpha value is -5.19. The van der Waals surface area contributed by atoms with Crippen LogP contribution in [0.1, 0.15) is 88.5 Å². The van der Waals surface area contributed by atoms with Gasteiger partial charge in [0.15, 0.2) is 0 Å². The zero-order valence-corrected chi connectivity index (χ0v) is 31.8. The largest absolute Gasteiger partial charge is 0.508 e. The van der Waals surface area contributed by atoms with Gasteiger partial charge >= 0.3 is 0 Å². The molecule has 3 atom stereocenters. The van der Waals surface area contributed by atoms with Crippen molar-refractivity contribution in [1.82, 2.24) is 15.1 Å². The Balaban J connectivity index is 0.764. The Kier molecular flexibility index (Phi) is 10.0. The fraction of sp³-hybridized carbons (Fsp3) is 0.413. The molecule has 0 aromatic heterocycles. The average Bonchev–Trinajstić information content (AvgIpc) is 3.54. The summed E-state index contributed by atoms with van der Waals surface area (Å²) < 4.78 is 12.8. The normalized spacial score (nSPS) is 23.5. The van der Waals surface area contributed by atoms with E-state index in [9.17, 15) is 19.5 Å². The van der Waals surface area contributed by atoms with Crippen molar-refractivity contribution in [1.29, 1.82) is 0 Å². The Morgan fingerprint density at radius 3 is 2.46 bits per heavy atom. The van der Waals surface area contributed by atoms with Crippen molar-refractivity contribution in [3.05, 3.63) is 124 Å². The molecule has 5 aliphatic rings. The summed E-state index contributed by atoms with van der Waals surface area (Å²) in [7, 11) is 0. The minimum Gasteiger partial charge on any atom is -0.508 e. The summed E-state index contributed by atoms with van der Waals surface area (Å²) >= 11 is 0. The van der Waals surface area contributed by atoms with Crippen LogP contribution in [-0.2, 0) is 27.3 Å². The zero-order valence-electron chi connectivity index (χ0n) is 31.8. The second-order valence-corrected chi connectivity index (χ2v) is 16.2. The topological polar surface area (TPSA) is 112 Å². The monoisotopic (exact) mass is 754 g/mol. The lowest BCUT2D eigenvalue weighted by Crippen LogP contribution is -2.57. The van der Waals surface area contributed by atoms with Crippen molar-refractivity contribution in [2.75, 3.05) is 50.8 Å². The van der Waals surface area contributed by atoms with Crippen LogP contribution >= 0.6 is 0 Å². The number of hydrogen-bond donors (Lipinski definition) is 2. The van der Waals surface area contributed by atoms with E-state index in [1.54, 1.807) is 4.90 Å². The molecule has 290 valence electrons. The number of ether oxygens (including phenoxy) is 2. The predicted molar refractivity (Wildman–Crippen MR) is 213 cm³/mol. The number of nitrogens with one attached hydrogen (secondary N) is 1. The number of fused-ring (bicyclic) bond motifs is 2. The number of imide groups is 1. The zero-order chi connectivity index (χ0) is 38.2. The molecule has 2 unspecified atom stereocenters. The van der Waals surface area contributed by atoms with Gasteiger partial charge < -0.3 is 24.4 Å². The van der Waals surface area contributed by atoms with E-state index >= 15 is 0 Å². The van der Waals surface area contributed by atoms with Gasteiger partial charge in [-0.1, -0.05) is 48.5 Å². The molecular formula is C46H50N4O6. The van der Waals surface area contributed by atoms with Gasteiger partial charge in [-0.25, -0.2) is 0 Å². The van der Waals surface area contributed by atoms with Crippen LogP contribution in [-0.4, -0.2) is 90.2 Å². The van der Waals surface area contributed by atoms with Crippen LogP contribution < -0.4 is 15.0 Å². The predicted octanol–water partition coefficient (Wildman–Crippen LogP) is 6.16. The maximum Gasteiger partial charge on any atom is 0.255 e. The number of benzene rings is 4. The second-order valence-electron chi connectivity index (χ2n) is 16.2. The fourth-order valence-corrected chi connectivity index (χ4v) is 9.87. The minimum absolute atomic E-state index is 0.140. The Labute approximate surface area is 328 Å². The molecule has 3 fully saturated rings. The lowest BCUT2D eigenvalue weighted by atomic mass is 9.69. The van der Waals surface area contributed by atoms with Gasteiger partial charge in [-0.05, 0) is 115 Å². The van der Waals surface area contributed by atoms with Gasteiger partial charge in [-0.3, -0.25) is 24.6 Å². The minimum atomic E-state index is -0.604. The van der Waals surface area contributed by atoms with Gasteiger partial charge in [0.05, 0.1) is 18.8 Å². The summed E-state index contributed by atoms with van der Waals surface area (Å²) in [6.07, 6.45) is 5.41. The maximum absolute atomic E-state index is 13.2. The third kappa shape index (κ3) is 7.28. The van der Waals surface area contributed by atoms with Gasteiger partial charge in [0, 0.05) is 62.9 Å². The number of phenols is 1. The smallest absolute Gasteiger partial charge is 0.255 e. The van der Waals surface area contributed by atoms with Gasteiger partial charge in [0.1, 0.15) is 17.5 Å². The maximum atomic E-state index is 13.2. The van der Waals surface area contributed by atoms with Crippen LogP contribution in [0, 0.1) is 0 Å². The number of nitrogens with zero attached hydrogens (tertiary/aromatic N) is 3. The first-order valence-electron chi connectivity index (χ1n) is 20.3. The third-order valence-corrected chi connectivity index (χ3v) is 12.8. The van der Waals surface area contributed by atoms with E-state index in [1.807, 2.05) is 24.3 Å². The summed E-state index contributed by atoms with van der Waals surface area (Å²) in [5.74, 6) is 1.00. The highest BCUT2D eigenvalue weighted by molar-refractivity contribution is 6.05. The van der Waals surface area contributed by atoms with Crippen molar-refractivity contribution >= 4 is 23.4 Å². The number of aryl methyl sites for hydroxylation is 1. The molecule has 9 rings (SSSR count). The molecule has 1 aliphatic carbocycles. The van der Waals surface area contributed by atoms with Crippen LogP contribution in [0.2, 0.25) is 0 Å². The summed E-state index contributed by atoms with van der Waals surface area (Å²) in [6.45, 7) is 6.31. The van der Waals surface area contributed by atoms with Crippen molar-refractivity contribution in [2.24, 2.45) is 0 Å². The third-order valence-electron chi connectivity index (χ3n) is 12.8. The molecule has 10 heteroatoms. The first kappa shape index (κ1) is 36.4. The van der Waals surface area contributed by atoms with E-state index < -0.39 is 6.04 Å². The number of morpholine rings is 1. The van der Waals surface area contributed by atoms with Crippen LogP contribution in [0.3, 0.4) is 0 Å². The number of rotatable bonds is 9. The standard InChI is InChI=1S/C46H50N4O6/c51-36-11-16-39-33(28-36)9-14-38(31-5-2-1-3-6-31)43(39)32-7-12-37(13-8-32)55-25-4-21-48-24-26-56-46(30-48)19-22-49(23-20-46)35-10-15-40-34(27-35)29-50(45(40)54)41-17-18-42(52)47-44(41)53/h1-3,5-8,10-13,15-16,27-28,38,41,43,51H,4,9,14,17-26,29-30H2,(H,47,52,53)/t38?,41?,43-/m0/s1. The van der Waals surface area contributed by atoms with Crippen LogP contribution in [0.25, 0.3) is 0 Å². The number of hydrogen-bond acceptors (Lipinski definition) is 8. The number of carbonyl (C=O) groups excluding carboxylic acids is 3. The van der Waals surface area contributed by atoms with E-state index in [0.29, 0.717) is 36.8 Å². The Morgan fingerprint density at radius 2 is 1.66 bits per heavy atom. The average molecular weight is 755 g/mol. The molecule has 0 radical (unpaired) electrons. The quantitative estimate of drug-likeness (QED) is 0.155. The summed E-state index contributed by atoms with van der Waals surface area (Å²) in [5.41, 5.74) is 7.66. The first-order chi connectivity index (χ1) is 27.3. The molecule has 56 heavy (non-hydrogen) atoms. The molecule has 10 nitrogen and oxygen atoms in total. The van der Waals surface area contributed by atoms with Crippen molar-refractivity contribution in [3.63, 3.8) is 0 Å². The number of amides is 3. The summed E-state index contributed by atoms with van der Waals surface area (Å²) in [5, 5.41) is 12.6. The molecule has 0 saturated carbocycles. The van der Waals surface area contributed by atoms with Gasteiger partial charge in [0.2, 0.25) is 11.8 Å². The van der Waals surface area contributed by atoms with Crippen LogP contribution in [0.4, 0.5) is 5.69 Å². The molecular weight excluding hydrogens is 705 g/mol. The van der Waals surface area contributed by atoms with Gasteiger partial charge in [-0.15, -0.1) is 0 Å². The highest BCUT2D eigenvalue weighted by atomic mass is 16.5. The molecule has 4 aromatic rings. The van der Waals surface area contributed by atoms with Crippen molar-refractivity contribution in [2.45, 2.75) is 75.0 Å². The molecule has 3 amide bonds. The molecule has 1 spiro atoms. The van der Waals surface area contributed by atoms with Gasteiger partial charge in [-0.2, -0.15) is 0 Å². The fourth-order valence-electron chi connectivity index (χ4n) is 9.87. The molecule has 4 aromatic carbocycles. The number of carbonyl (C=O) groups is 3. The number of anilines is 1. The summed E-state index contributed by atoms with van der Waals surface area (Å²) in [4.78, 5) is 43.8. The molecule has 4 aliphatic heterocycles. The molecule has 4 heterocycles. The van der Waals surface area contributed by atoms with E-state index in [4.69, 9.17) is 9.47 Å². The van der Waals surface area contributed by atoms with E-state index in [2.05, 4.69) is 81.8 Å². The molecule has 0 bridgehead atoms. The van der Waals surface area contributed by atoms with E-state index in [1.165, 1.54) is 22.3 Å². The number of piperidine rings is 2. The second kappa shape index (κ2) is 15.4. The van der Waals surface area contributed by atoms with Crippen LogP contribution in [0.5, 0.6) is 11.5 Å². The first-order valence-corrected chi connectivity index (χ1v) is 20.3. The highest BCUT2D eigenvalue weighted by Gasteiger charge is 2.42. The van der Waals surface area contributed by atoms with Crippen molar-refractivity contribution < 1.29 is 29.0 Å². The van der Waals surface area contributed by atoms with Crippen LogP contribution in [0.15, 0.2) is 91.0 Å². The Bertz CT molecular complexity index is 2100. The molecule has 3 saturated heterocycles. The Morgan fingerprint density at radius 1 is 0.839 bits per heavy atom. The van der Waals surface area contributed by atoms with E-state index in [-0.39, 0.29) is 35.7 Å². The summed E-state index contributed by atoms with van der Waals surface area (Å²) in [6, 6.07) is 30.7. The van der Waals surface area contributed by atoms with Crippen molar-refractivity contribution in [3.8, 4) is 11.5 Å². The molecule has 2 N–H and O–H groups in total. The number of aromatic hydroxyl groups is 1. The SMILES string of the molecule is O=C1CCC(N2Cc3cc(N4CCC5(CC4)CN(CCCOc4ccc([C@@H]6c7ccc(O)cc7CCC6c6ccccc6)cc4)CCO5)ccc3C2=O)C(=O)N1. The van der Waals surface area contributed by atoms with E-state index in [0.717, 1.165) is 88.4 Å². The lowest BCUT2D eigenvalue weighted by Gasteiger charge is -2.48. The highest BCUT2D eigenvalue weighted by Crippen LogP contribution is 2.47. The van der Waals surface area contributed by atoms with Gasteiger partial charge in [0.25, 0.3) is 5.91 Å².